The maximum absolute atomic E-state index is 3.94. The molecule has 1 rings (SSSR count). The van der Waals surface area contributed by atoms with Crippen molar-refractivity contribution in [1.29, 1.82) is 0 Å². The molecule has 0 aliphatic carbocycles. The van der Waals surface area contributed by atoms with E-state index < -0.39 is 0 Å². The Morgan fingerprint density at radius 3 is 2.45 bits per heavy atom. The van der Waals surface area contributed by atoms with Crippen LogP contribution in [-0.2, 0) is 0 Å². The minimum absolute atomic E-state index is 0.614. The number of hydrogen-bond acceptors (Lipinski definition) is 1. The summed E-state index contributed by atoms with van der Waals surface area (Å²) in [5, 5.41) is 0. The third kappa shape index (κ3) is 2.99. The minimum Gasteiger partial charge on any atom is -0.265 e. The van der Waals surface area contributed by atoms with Gasteiger partial charge in [0.25, 0.3) is 0 Å². The first-order valence-corrected chi connectivity index (χ1v) is 3.87. The van der Waals surface area contributed by atoms with Crippen LogP contribution in [0.3, 0.4) is 0 Å². The number of aromatic nitrogens is 1. The molecule has 0 saturated carbocycles. The largest absolute Gasteiger partial charge is 0.265 e. The van der Waals surface area contributed by atoms with Gasteiger partial charge in [0, 0.05) is 12.4 Å². The van der Waals surface area contributed by atoms with Gasteiger partial charge in [-0.1, -0.05) is 26.0 Å². The van der Waals surface area contributed by atoms with Crippen LogP contribution in [0.5, 0.6) is 0 Å². The fourth-order valence-corrected chi connectivity index (χ4v) is 0.778. The molecule has 0 bridgehead atoms. The van der Waals surface area contributed by atoms with Crippen LogP contribution in [0, 0.1) is 5.92 Å². The Balaban J connectivity index is 2.65. The highest BCUT2D eigenvalue weighted by molar-refractivity contribution is 5.47. The van der Waals surface area contributed by atoms with Gasteiger partial charge in [0.15, 0.2) is 0 Å². The molecule has 0 radical (unpaired) electrons. The summed E-state index contributed by atoms with van der Waals surface area (Å²) >= 11 is 0. The summed E-state index contributed by atoms with van der Waals surface area (Å²) in [6.45, 7) is 4.33. The molecule has 1 nitrogen and oxygen atoms in total. The molecule has 1 heteroatoms. The first-order valence-electron chi connectivity index (χ1n) is 3.87. The summed E-state index contributed by atoms with van der Waals surface area (Å²) in [4.78, 5) is 3.94. The van der Waals surface area contributed by atoms with E-state index in [2.05, 4.69) is 31.0 Å². The lowest BCUT2D eigenvalue weighted by atomic mass is 10.1. The molecule has 0 unspecified atom stereocenters. The molecule has 0 aliphatic heterocycles. The Hall–Kier alpha value is -1.11. The van der Waals surface area contributed by atoms with Crippen LogP contribution in [0.25, 0.3) is 6.08 Å². The number of nitrogens with zero attached hydrogens (tertiary/aromatic N) is 1. The van der Waals surface area contributed by atoms with Crippen LogP contribution in [0.15, 0.2) is 30.6 Å². The van der Waals surface area contributed by atoms with Gasteiger partial charge >= 0.3 is 0 Å². The third-order valence-electron chi connectivity index (χ3n) is 1.38. The van der Waals surface area contributed by atoms with Crippen molar-refractivity contribution in [1.82, 2.24) is 4.98 Å². The third-order valence-corrected chi connectivity index (χ3v) is 1.38. The van der Waals surface area contributed by atoms with Crippen LogP contribution >= 0.6 is 0 Å². The van der Waals surface area contributed by atoms with Gasteiger partial charge in [-0.15, -0.1) is 0 Å². The van der Waals surface area contributed by atoms with Gasteiger partial charge in [-0.3, -0.25) is 4.98 Å². The van der Waals surface area contributed by atoms with Gasteiger partial charge in [0.1, 0.15) is 0 Å². The molecule has 0 saturated heterocycles. The van der Waals surface area contributed by atoms with E-state index >= 15 is 0 Å². The summed E-state index contributed by atoms with van der Waals surface area (Å²) in [7, 11) is 0. The van der Waals surface area contributed by atoms with E-state index in [1.54, 1.807) is 12.4 Å². The summed E-state index contributed by atoms with van der Waals surface area (Å²) < 4.78 is 0. The van der Waals surface area contributed by atoms with Crippen molar-refractivity contribution >= 4 is 6.08 Å². The van der Waals surface area contributed by atoms with E-state index in [-0.39, 0.29) is 0 Å². The van der Waals surface area contributed by atoms with E-state index in [1.165, 1.54) is 5.56 Å². The topological polar surface area (TPSA) is 12.9 Å². The predicted molar refractivity (Wildman–Crippen MR) is 48.1 cm³/mol. The van der Waals surface area contributed by atoms with Crippen molar-refractivity contribution < 1.29 is 0 Å². The molecule has 0 fully saturated rings. The van der Waals surface area contributed by atoms with Crippen molar-refractivity contribution in [2.24, 2.45) is 5.92 Å². The second kappa shape index (κ2) is 3.91. The molecule has 0 N–H and O–H groups in total. The maximum Gasteiger partial charge on any atom is 0.0273 e. The van der Waals surface area contributed by atoms with Gasteiger partial charge < -0.3 is 0 Å². The van der Waals surface area contributed by atoms with E-state index in [0.29, 0.717) is 5.92 Å². The van der Waals surface area contributed by atoms with Crippen LogP contribution < -0.4 is 0 Å². The highest BCUT2D eigenvalue weighted by atomic mass is 14.6. The molecule has 1 heterocycles. The zero-order chi connectivity index (χ0) is 8.10. The first kappa shape index (κ1) is 7.99. The molecule has 0 atom stereocenters. The van der Waals surface area contributed by atoms with Crippen molar-refractivity contribution in [3.63, 3.8) is 0 Å². The van der Waals surface area contributed by atoms with Gasteiger partial charge in [0.2, 0.25) is 0 Å². The molecule has 0 aromatic carbocycles. The molecular formula is C10H13N. The van der Waals surface area contributed by atoms with E-state index in [0.717, 1.165) is 0 Å². The average molecular weight is 147 g/mol. The zero-order valence-corrected chi connectivity index (χ0v) is 6.99. The summed E-state index contributed by atoms with van der Waals surface area (Å²) in [5.41, 5.74) is 1.22. The Bertz CT molecular complexity index is 224. The second-order valence-electron chi connectivity index (χ2n) is 2.88. The molecule has 0 aliphatic rings. The van der Waals surface area contributed by atoms with Crippen molar-refractivity contribution in [2.75, 3.05) is 0 Å². The smallest absolute Gasteiger partial charge is 0.0273 e. The highest BCUT2D eigenvalue weighted by Crippen LogP contribution is 2.02. The van der Waals surface area contributed by atoms with Crippen molar-refractivity contribution in [3.8, 4) is 0 Å². The fraction of sp³-hybridized carbons (Fsp3) is 0.300. The minimum atomic E-state index is 0.614. The number of hydrogen-bond donors (Lipinski definition) is 0. The lowest BCUT2D eigenvalue weighted by Crippen LogP contribution is -1.77. The quantitative estimate of drug-likeness (QED) is 0.626. The van der Waals surface area contributed by atoms with Crippen LogP contribution in [0.4, 0.5) is 0 Å². The maximum atomic E-state index is 3.94. The molecule has 1 aromatic heterocycles. The van der Waals surface area contributed by atoms with Crippen LogP contribution in [-0.4, -0.2) is 4.98 Å². The fourth-order valence-electron chi connectivity index (χ4n) is 0.778. The van der Waals surface area contributed by atoms with Gasteiger partial charge in [0.05, 0.1) is 0 Å². The van der Waals surface area contributed by atoms with Crippen molar-refractivity contribution in [3.05, 3.63) is 36.2 Å². The summed E-state index contributed by atoms with van der Waals surface area (Å²) in [6, 6.07) is 4.00. The summed E-state index contributed by atoms with van der Waals surface area (Å²) in [5.74, 6) is 0.614. The van der Waals surface area contributed by atoms with Crippen LogP contribution in [0.1, 0.15) is 19.4 Å². The lowest BCUT2D eigenvalue weighted by molar-refractivity contribution is 0.836. The first-order chi connectivity index (χ1) is 5.29. The molecule has 0 amide bonds. The SMILES string of the molecule is CC(C)/C=C\c1ccncc1. The number of allylic oxidation sites excluding steroid dienone is 1. The lowest BCUT2D eigenvalue weighted by Gasteiger charge is -1.93. The molecule has 11 heavy (non-hydrogen) atoms. The van der Waals surface area contributed by atoms with E-state index in [4.69, 9.17) is 0 Å². The predicted octanol–water partition coefficient (Wildman–Crippen LogP) is 2.75. The van der Waals surface area contributed by atoms with E-state index in [1.807, 2.05) is 12.1 Å². The molecule has 1 aromatic rings. The summed E-state index contributed by atoms with van der Waals surface area (Å²) in [6.07, 6.45) is 7.90. The second-order valence-corrected chi connectivity index (χ2v) is 2.88. The molecule has 58 valence electrons. The standard InChI is InChI=1S/C10H13N/c1-9(2)3-4-10-5-7-11-8-6-10/h3-9H,1-2H3/b4-3-. The van der Waals surface area contributed by atoms with E-state index in [9.17, 15) is 0 Å². The molecule has 0 spiro atoms. The van der Waals surface area contributed by atoms with Gasteiger partial charge in [-0.05, 0) is 23.6 Å². The van der Waals surface area contributed by atoms with Gasteiger partial charge in [-0.2, -0.15) is 0 Å². The Kier molecular flexibility index (Phi) is 2.84. The number of rotatable bonds is 2. The van der Waals surface area contributed by atoms with Gasteiger partial charge in [-0.25, -0.2) is 0 Å². The zero-order valence-electron chi connectivity index (χ0n) is 6.99. The monoisotopic (exact) mass is 147 g/mol. The Morgan fingerprint density at radius 1 is 1.27 bits per heavy atom. The Morgan fingerprint density at radius 2 is 1.91 bits per heavy atom. The highest BCUT2D eigenvalue weighted by Gasteiger charge is 1.85. The van der Waals surface area contributed by atoms with Crippen molar-refractivity contribution in [2.45, 2.75) is 13.8 Å². The normalized spacial score (nSPS) is 11.2. The molecular weight excluding hydrogens is 134 g/mol. The number of pyridine rings is 1. The van der Waals surface area contributed by atoms with Crippen LogP contribution in [0.2, 0.25) is 0 Å². The average Bonchev–Trinajstić information content (AvgIpc) is 2.03. The Labute approximate surface area is 67.8 Å².